The molecule has 22 heavy (non-hydrogen) atoms. The monoisotopic (exact) mass is 302 g/mol. The Balaban J connectivity index is 1.29. The van der Waals surface area contributed by atoms with E-state index in [1.54, 1.807) is 0 Å². The van der Waals surface area contributed by atoms with Crippen molar-refractivity contribution in [2.45, 2.75) is 50.4 Å². The largest absolute Gasteiger partial charge is 0.371 e. The summed E-state index contributed by atoms with van der Waals surface area (Å²) in [6, 6.07) is 4.03. The van der Waals surface area contributed by atoms with Crippen LogP contribution in [-0.4, -0.2) is 47.8 Å². The molecule has 0 amide bonds. The van der Waals surface area contributed by atoms with E-state index in [2.05, 4.69) is 9.88 Å². The third-order valence-corrected chi connectivity index (χ3v) is 5.24. The Hall–Kier alpha value is -0.970. The van der Waals surface area contributed by atoms with E-state index in [9.17, 15) is 0 Å². The third-order valence-electron chi connectivity index (χ3n) is 5.24. The van der Waals surface area contributed by atoms with Gasteiger partial charge in [-0.25, -0.2) is 0 Å². The average Bonchev–Trinajstić information content (AvgIpc) is 3.28. The quantitative estimate of drug-likeness (QED) is 0.837. The first-order valence-electron chi connectivity index (χ1n) is 8.68. The van der Waals surface area contributed by atoms with Gasteiger partial charge in [-0.1, -0.05) is 0 Å². The highest BCUT2D eigenvalue weighted by atomic mass is 16.6. The maximum absolute atomic E-state index is 6.24. The maximum Gasteiger partial charge on any atom is 0.0841 e. The highest BCUT2D eigenvalue weighted by molar-refractivity contribution is 5.08. The van der Waals surface area contributed by atoms with Crippen molar-refractivity contribution in [1.82, 2.24) is 9.88 Å². The van der Waals surface area contributed by atoms with Gasteiger partial charge < -0.3 is 14.4 Å². The Kier molecular flexibility index (Phi) is 4.16. The van der Waals surface area contributed by atoms with Crippen LogP contribution in [0.3, 0.4) is 0 Å². The predicted octanol–water partition coefficient (Wildman–Crippen LogP) is 2.63. The van der Waals surface area contributed by atoms with Crippen LogP contribution in [0, 0.1) is 5.92 Å². The van der Waals surface area contributed by atoms with E-state index in [4.69, 9.17) is 9.47 Å². The van der Waals surface area contributed by atoms with Crippen LogP contribution >= 0.6 is 0 Å². The lowest BCUT2D eigenvalue weighted by atomic mass is 9.89. The van der Waals surface area contributed by atoms with Crippen LogP contribution in [0.4, 0.5) is 0 Å². The van der Waals surface area contributed by atoms with Crippen molar-refractivity contribution in [2.24, 2.45) is 5.92 Å². The second-order valence-electron chi connectivity index (χ2n) is 7.27. The summed E-state index contributed by atoms with van der Waals surface area (Å²) in [4.78, 5) is 6.68. The van der Waals surface area contributed by atoms with Gasteiger partial charge in [0.05, 0.1) is 24.9 Å². The van der Waals surface area contributed by atoms with E-state index < -0.39 is 0 Å². The van der Waals surface area contributed by atoms with E-state index in [-0.39, 0.29) is 11.7 Å². The zero-order chi connectivity index (χ0) is 14.8. The van der Waals surface area contributed by atoms with Crippen molar-refractivity contribution in [3.8, 4) is 0 Å². The first-order valence-corrected chi connectivity index (χ1v) is 8.68. The number of ether oxygens (including phenoxy) is 2. The second-order valence-corrected chi connectivity index (χ2v) is 7.27. The molecule has 3 heterocycles. The number of hydrogen-bond donors (Lipinski definition) is 0. The molecule has 0 bridgehead atoms. The second kappa shape index (κ2) is 6.26. The predicted molar refractivity (Wildman–Crippen MR) is 84.5 cm³/mol. The molecule has 0 unspecified atom stereocenters. The van der Waals surface area contributed by atoms with Gasteiger partial charge in [-0.3, -0.25) is 4.98 Å². The normalized spacial score (nSPS) is 32.6. The lowest BCUT2D eigenvalue weighted by Gasteiger charge is -2.39. The molecule has 4 nitrogen and oxygen atoms in total. The van der Waals surface area contributed by atoms with Gasteiger partial charge in [0.1, 0.15) is 0 Å². The molecule has 1 aromatic heterocycles. The summed E-state index contributed by atoms with van der Waals surface area (Å²) < 4.78 is 12.3. The number of nitrogens with zero attached hydrogens (tertiary/aromatic N) is 2. The van der Waals surface area contributed by atoms with Gasteiger partial charge in [0.25, 0.3) is 0 Å². The number of rotatable bonds is 5. The summed E-state index contributed by atoms with van der Waals surface area (Å²) in [5.41, 5.74) is 1.26. The SMILES string of the molecule is c1cc(CO[C@H]2CO[C@@]3(CCCN(CC4CC4)C3)C2)ccn1. The molecule has 1 spiro atoms. The smallest absolute Gasteiger partial charge is 0.0841 e. The van der Waals surface area contributed by atoms with Crippen LogP contribution in [0.15, 0.2) is 24.5 Å². The van der Waals surface area contributed by atoms with Crippen molar-refractivity contribution in [3.63, 3.8) is 0 Å². The van der Waals surface area contributed by atoms with Crippen molar-refractivity contribution in [3.05, 3.63) is 30.1 Å². The molecule has 2 aliphatic heterocycles. The first-order chi connectivity index (χ1) is 10.8. The number of hydrogen-bond acceptors (Lipinski definition) is 4. The van der Waals surface area contributed by atoms with Crippen molar-refractivity contribution in [2.75, 3.05) is 26.2 Å². The molecule has 3 aliphatic rings. The van der Waals surface area contributed by atoms with Crippen molar-refractivity contribution >= 4 is 0 Å². The first kappa shape index (κ1) is 14.6. The molecule has 0 radical (unpaired) electrons. The van der Waals surface area contributed by atoms with Crippen molar-refractivity contribution in [1.29, 1.82) is 0 Å². The van der Waals surface area contributed by atoms with Crippen LogP contribution in [0.1, 0.15) is 37.7 Å². The third kappa shape index (κ3) is 3.50. The summed E-state index contributed by atoms with van der Waals surface area (Å²) in [5, 5.41) is 0. The molecule has 4 rings (SSSR count). The lowest BCUT2D eigenvalue weighted by molar-refractivity contribution is -0.0537. The van der Waals surface area contributed by atoms with E-state index in [1.807, 2.05) is 24.5 Å². The summed E-state index contributed by atoms with van der Waals surface area (Å²) in [6.07, 6.45) is 10.3. The summed E-state index contributed by atoms with van der Waals surface area (Å²) in [7, 11) is 0. The van der Waals surface area contributed by atoms with Gasteiger partial charge in [-0.2, -0.15) is 0 Å². The Labute approximate surface area is 132 Å². The maximum atomic E-state index is 6.24. The van der Waals surface area contributed by atoms with Crippen LogP contribution in [0.2, 0.25) is 0 Å². The molecule has 120 valence electrons. The summed E-state index contributed by atoms with van der Waals surface area (Å²) in [5.74, 6) is 0.968. The molecule has 2 atom stereocenters. The minimum absolute atomic E-state index is 0.0655. The zero-order valence-electron chi connectivity index (χ0n) is 13.2. The van der Waals surface area contributed by atoms with E-state index in [0.29, 0.717) is 6.61 Å². The van der Waals surface area contributed by atoms with Crippen molar-refractivity contribution < 1.29 is 9.47 Å². The molecular formula is C18H26N2O2. The summed E-state index contributed by atoms with van der Waals surface area (Å²) >= 11 is 0. The summed E-state index contributed by atoms with van der Waals surface area (Å²) in [6.45, 7) is 5.07. The van der Waals surface area contributed by atoms with Gasteiger partial charge in [0.2, 0.25) is 0 Å². The standard InChI is InChI=1S/C18H26N2O2/c1-6-18(14-20(9-1)11-15-2-3-15)10-17(13-22-18)21-12-16-4-7-19-8-5-16/h4-5,7-8,15,17H,1-3,6,9-14H2/t17-,18+/m1/s1. The van der Waals surface area contributed by atoms with E-state index >= 15 is 0 Å². The minimum atomic E-state index is 0.0655. The molecule has 0 aromatic carbocycles. The molecule has 3 fully saturated rings. The van der Waals surface area contributed by atoms with Gasteiger partial charge in [0, 0.05) is 31.9 Å². The number of pyridine rings is 1. The van der Waals surface area contributed by atoms with Gasteiger partial charge in [-0.05, 0) is 55.8 Å². The molecule has 1 aliphatic carbocycles. The van der Waals surface area contributed by atoms with Gasteiger partial charge in [-0.15, -0.1) is 0 Å². The molecule has 4 heteroatoms. The Morgan fingerprint density at radius 2 is 2.18 bits per heavy atom. The van der Waals surface area contributed by atoms with Crippen LogP contribution < -0.4 is 0 Å². The average molecular weight is 302 g/mol. The Morgan fingerprint density at radius 3 is 3.00 bits per heavy atom. The fourth-order valence-corrected chi connectivity index (χ4v) is 3.90. The molecule has 1 aromatic rings. The molecule has 2 saturated heterocycles. The van der Waals surface area contributed by atoms with Crippen LogP contribution in [0.5, 0.6) is 0 Å². The fraction of sp³-hybridized carbons (Fsp3) is 0.722. The van der Waals surface area contributed by atoms with Gasteiger partial charge in [0.15, 0.2) is 0 Å². The number of likely N-dealkylation sites (tertiary alicyclic amines) is 1. The van der Waals surface area contributed by atoms with Gasteiger partial charge >= 0.3 is 0 Å². The highest BCUT2D eigenvalue weighted by Crippen LogP contribution is 2.38. The molecule has 1 saturated carbocycles. The Bertz CT molecular complexity index is 491. The topological polar surface area (TPSA) is 34.6 Å². The fourth-order valence-electron chi connectivity index (χ4n) is 3.90. The lowest BCUT2D eigenvalue weighted by Crippen LogP contribution is -2.48. The van der Waals surface area contributed by atoms with E-state index in [1.165, 1.54) is 44.3 Å². The minimum Gasteiger partial charge on any atom is -0.371 e. The number of aromatic nitrogens is 1. The number of piperidine rings is 1. The molecular weight excluding hydrogens is 276 g/mol. The van der Waals surface area contributed by atoms with Crippen LogP contribution in [-0.2, 0) is 16.1 Å². The Morgan fingerprint density at radius 1 is 1.32 bits per heavy atom. The molecule has 0 N–H and O–H groups in total. The zero-order valence-corrected chi connectivity index (χ0v) is 13.2. The van der Waals surface area contributed by atoms with E-state index in [0.717, 1.165) is 25.5 Å². The highest BCUT2D eigenvalue weighted by Gasteiger charge is 2.44. The van der Waals surface area contributed by atoms with Crippen LogP contribution in [0.25, 0.3) is 0 Å².